The van der Waals surface area contributed by atoms with Gasteiger partial charge in [0.15, 0.2) is 0 Å². The molecule has 2 aromatic rings. The van der Waals surface area contributed by atoms with Crippen LogP contribution in [0.5, 0.6) is 0 Å². The third-order valence-electron chi connectivity index (χ3n) is 4.11. The van der Waals surface area contributed by atoms with Crippen LogP contribution in [0.2, 0.25) is 0 Å². The molecule has 1 aromatic heterocycles. The Bertz CT molecular complexity index is 589. The molecule has 1 aromatic carbocycles. The molecule has 5 heteroatoms. The van der Waals surface area contributed by atoms with Gasteiger partial charge in [0.2, 0.25) is 0 Å². The van der Waals surface area contributed by atoms with E-state index in [0.29, 0.717) is 18.4 Å². The van der Waals surface area contributed by atoms with Gasteiger partial charge in [-0.2, -0.15) is 20.3 Å². The van der Waals surface area contributed by atoms with E-state index in [2.05, 4.69) is 33.7 Å². The Morgan fingerprint density at radius 1 is 1.10 bits per heavy atom. The first-order valence-electron chi connectivity index (χ1n) is 7.45. The van der Waals surface area contributed by atoms with Crippen LogP contribution in [-0.4, -0.2) is 21.0 Å². The standard InChI is InChI=1S/C16H19N5/c17-10-9-13-1-3-14(4-2-13)20-15-5-7-16(8-6-15)21-18-11-12-19-21/h5-8,11-14,20H,1-4,9H2. The zero-order valence-corrected chi connectivity index (χ0v) is 11.9. The molecule has 1 saturated carbocycles. The van der Waals surface area contributed by atoms with Gasteiger partial charge in [0, 0.05) is 18.2 Å². The lowest BCUT2D eigenvalue weighted by atomic mass is 9.84. The summed E-state index contributed by atoms with van der Waals surface area (Å²) in [4.78, 5) is 1.61. The van der Waals surface area contributed by atoms with Crippen LogP contribution in [0.1, 0.15) is 32.1 Å². The van der Waals surface area contributed by atoms with Crippen molar-refractivity contribution in [3.8, 4) is 11.8 Å². The van der Waals surface area contributed by atoms with E-state index in [1.54, 1.807) is 17.2 Å². The predicted octanol–water partition coefficient (Wildman–Crippen LogP) is 3.15. The molecular formula is C16H19N5. The SMILES string of the molecule is N#CCC1CCC(Nc2ccc(-n3nccn3)cc2)CC1. The van der Waals surface area contributed by atoms with Crippen molar-refractivity contribution in [1.82, 2.24) is 15.0 Å². The zero-order chi connectivity index (χ0) is 14.5. The van der Waals surface area contributed by atoms with Gasteiger partial charge in [0.1, 0.15) is 0 Å². The molecule has 0 bridgehead atoms. The average molecular weight is 281 g/mol. The summed E-state index contributed by atoms with van der Waals surface area (Å²) in [6.45, 7) is 0. The Hall–Kier alpha value is -2.35. The number of hydrogen-bond donors (Lipinski definition) is 1. The molecular weight excluding hydrogens is 262 g/mol. The highest BCUT2D eigenvalue weighted by molar-refractivity contribution is 5.48. The van der Waals surface area contributed by atoms with Crippen LogP contribution in [0.15, 0.2) is 36.7 Å². The van der Waals surface area contributed by atoms with Gasteiger partial charge in [-0.15, -0.1) is 0 Å². The topological polar surface area (TPSA) is 66.5 Å². The second-order valence-corrected chi connectivity index (χ2v) is 5.59. The van der Waals surface area contributed by atoms with Crippen molar-refractivity contribution in [2.75, 3.05) is 5.32 Å². The number of nitrogens with one attached hydrogen (secondary N) is 1. The number of aromatic nitrogens is 3. The summed E-state index contributed by atoms with van der Waals surface area (Å²) >= 11 is 0. The van der Waals surface area contributed by atoms with Gasteiger partial charge in [-0.25, -0.2) is 0 Å². The van der Waals surface area contributed by atoms with E-state index in [1.165, 1.54) is 0 Å². The second kappa shape index (κ2) is 6.40. The van der Waals surface area contributed by atoms with E-state index in [1.807, 2.05) is 12.1 Å². The fourth-order valence-corrected chi connectivity index (χ4v) is 2.92. The van der Waals surface area contributed by atoms with Crippen LogP contribution < -0.4 is 5.32 Å². The summed E-state index contributed by atoms with van der Waals surface area (Å²) in [5, 5.41) is 20.6. The van der Waals surface area contributed by atoms with E-state index in [0.717, 1.165) is 37.1 Å². The molecule has 0 amide bonds. The summed E-state index contributed by atoms with van der Waals surface area (Å²) in [7, 11) is 0. The summed E-state index contributed by atoms with van der Waals surface area (Å²) in [5.41, 5.74) is 2.10. The summed E-state index contributed by atoms with van der Waals surface area (Å²) in [5.74, 6) is 0.598. The van der Waals surface area contributed by atoms with Crippen LogP contribution in [0.4, 0.5) is 5.69 Å². The van der Waals surface area contributed by atoms with Gasteiger partial charge in [-0.3, -0.25) is 0 Å². The van der Waals surface area contributed by atoms with Crippen molar-refractivity contribution in [2.24, 2.45) is 5.92 Å². The maximum atomic E-state index is 8.75. The minimum atomic E-state index is 0.522. The molecule has 1 fully saturated rings. The van der Waals surface area contributed by atoms with Crippen molar-refractivity contribution in [3.05, 3.63) is 36.7 Å². The zero-order valence-electron chi connectivity index (χ0n) is 11.9. The minimum Gasteiger partial charge on any atom is -0.382 e. The number of anilines is 1. The Balaban J connectivity index is 1.56. The number of rotatable bonds is 4. The van der Waals surface area contributed by atoms with Crippen LogP contribution in [0.25, 0.3) is 5.69 Å². The van der Waals surface area contributed by atoms with Crippen molar-refractivity contribution >= 4 is 5.69 Å². The van der Waals surface area contributed by atoms with Gasteiger partial charge in [0.25, 0.3) is 0 Å². The Kier molecular flexibility index (Phi) is 4.15. The highest BCUT2D eigenvalue weighted by Crippen LogP contribution is 2.28. The van der Waals surface area contributed by atoms with E-state index < -0.39 is 0 Å². The minimum absolute atomic E-state index is 0.522. The van der Waals surface area contributed by atoms with Gasteiger partial charge in [-0.05, 0) is 55.9 Å². The largest absolute Gasteiger partial charge is 0.382 e. The predicted molar refractivity (Wildman–Crippen MR) is 81.0 cm³/mol. The first-order valence-corrected chi connectivity index (χ1v) is 7.45. The van der Waals surface area contributed by atoms with Crippen LogP contribution in [0, 0.1) is 17.2 Å². The van der Waals surface area contributed by atoms with Crippen LogP contribution >= 0.6 is 0 Å². The highest BCUT2D eigenvalue weighted by Gasteiger charge is 2.20. The molecule has 21 heavy (non-hydrogen) atoms. The Labute approximate surface area is 124 Å². The van der Waals surface area contributed by atoms with Crippen molar-refractivity contribution in [2.45, 2.75) is 38.1 Å². The molecule has 0 unspecified atom stereocenters. The molecule has 0 radical (unpaired) electrons. The molecule has 5 nitrogen and oxygen atoms in total. The molecule has 1 aliphatic rings. The highest BCUT2D eigenvalue weighted by atomic mass is 15.5. The van der Waals surface area contributed by atoms with Gasteiger partial charge < -0.3 is 5.32 Å². The maximum absolute atomic E-state index is 8.75. The van der Waals surface area contributed by atoms with Crippen molar-refractivity contribution in [3.63, 3.8) is 0 Å². The van der Waals surface area contributed by atoms with E-state index in [4.69, 9.17) is 5.26 Å². The lowest BCUT2D eigenvalue weighted by molar-refractivity contribution is 0.343. The van der Waals surface area contributed by atoms with Gasteiger partial charge >= 0.3 is 0 Å². The van der Waals surface area contributed by atoms with E-state index in [9.17, 15) is 0 Å². The quantitative estimate of drug-likeness (QED) is 0.934. The van der Waals surface area contributed by atoms with Crippen LogP contribution in [0.3, 0.4) is 0 Å². The first-order chi connectivity index (χ1) is 10.3. The van der Waals surface area contributed by atoms with Crippen molar-refractivity contribution < 1.29 is 0 Å². The lowest BCUT2D eigenvalue weighted by Gasteiger charge is -2.28. The number of hydrogen-bond acceptors (Lipinski definition) is 4. The molecule has 0 saturated heterocycles. The number of nitriles is 1. The summed E-state index contributed by atoms with van der Waals surface area (Å²) < 4.78 is 0. The number of nitrogens with zero attached hydrogens (tertiary/aromatic N) is 4. The third-order valence-corrected chi connectivity index (χ3v) is 4.11. The number of benzene rings is 1. The lowest BCUT2D eigenvalue weighted by Crippen LogP contribution is -2.25. The molecule has 1 N–H and O–H groups in total. The fourth-order valence-electron chi connectivity index (χ4n) is 2.92. The normalized spacial score (nSPS) is 21.7. The summed E-state index contributed by atoms with van der Waals surface area (Å²) in [6.07, 6.45) is 8.65. The van der Waals surface area contributed by atoms with Crippen molar-refractivity contribution in [1.29, 1.82) is 5.26 Å². The molecule has 0 aliphatic heterocycles. The summed E-state index contributed by atoms with van der Waals surface area (Å²) in [6, 6.07) is 11.0. The smallest absolute Gasteiger partial charge is 0.0858 e. The third kappa shape index (κ3) is 3.40. The molecule has 1 heterocycles. The van der Waals surface area contributed by atoms with E-state index in [-0.39, 0.29) is 0 Å². The Morgan fingerprint density at radius 2 is 1.76 bits per heavy atom. The van der Waals surface area contributed by atoms with E-state index >= 15 is 0 Å². The average Bonchev–Trinajstić information content (AvgIpc) is 3.05. The molecule has 1 aliphatic carbocycles. The Morgan fingerprint density at radius 3 is 2.38 bits per heavy atom. The molecule has 0 atom stereocenters. The van der Waals surface area contributed by atoms with Gasteiger partial charge in [-0.1, -0.05) is 0 Å². The maximum Gasteiger partial charge on any atom is 0.0858 e. The fraction of sp³-hybridized carbons (Fsp3) is 0.438. The van der Waals surface area contributed by atoms with Gasteiger partial charge in [0.05, 0.1) is 24.2 Å². The molecule has 0 spiro atoms. The first kappa shape index (κ1) is 13.6. The molecule has 108 valence electrons. The second-order valence-electron chi connectivity index (χ2n) is 5.59. The molecule has 3 rings (SSSR count). The monoisotopic (exact) mass is 281 g/mol. The van der Waals surface area contributed by atoms with Crippen LogP contribution in [-0.2, 0) is 0 Å².